The van der Waals surface area contributed by atoms with Crippen LogP contribution in [0.25, 0.3) is 0 Å². The second kappa shape index (κ2) is 3.55. The minimum Gasteiger partial charge on any atom is -0.463 e. The maximum atomic E-state index is 10.4. The van der Waals surface area contributed by atoms with E-state index in [-0.39, 0.29) is 0 Å². The summed E-state index contributed by atoms with van der Waals surface area (Å²) in [6.07, 6.45) is 2.16. The third-order valence-corrected chi connectivity index (χ3v) is 1.02. The minimum absolute atomic E-state index is 0.524. The summed E-state index contributed by atoms with van der Waals surface area (Å²) in [6, 6.07) is 3.39. The van der Waals surface area contributed by atoms with Crippen LogP contribution in [0.2, 0.25) is 0 Å². The van der Waals surface area contributed by atoms with Crippen molar-refractivity contribution in [2.45, 2.75) is 0 Å². The van der Waals surface area contributed by atoms with Crippen LogP contribution in [0.15, 0.2) is 27.8 Å². The minimum atomic E-state index is -0.638. The highest BCUT2D eigenvalue weighted by molar-refractivity contribution is 5.86. The van der Waals surface area contributed by atoms with Crippen LogP contribution in [-0.4, -0.2) is 19.4 Å². The van der Waals surface area contributed by atoms with E-state index in [4.69, 9.17) is 4.42 Å². The van der Waals surface area contributed by atoms with Gasteiger partial charge in [0.1, 0.15) is 5.76 Å². The average molecular weight is 153 g/mol. The molecule has 0 aliphatic heterocycles. The third kappa shape index (κ3) is 2.25. The van der Waals surface area contributed by atoms with Crippen LogP contribution in [0.4, 0.5) is 4.79 Å². The van der Waals surface area contributed by atoms with E-state index < -0.39 is 6.09 Å². The van der Waals surface area contributed by atoms with Crippen molar-refractivity contribution in [3.8, 4) is 0 Å². The predicted molar refractivity (Wildman–Crippen MR) is 38.7 cm³/mol. The summed E-state index contributed by atoms with van der Waals surface area (Å²) in [5, 5.41) is 0. The molecule has 0 saturated carbocycles. The van der Waals surface area contributed by atoms with E-state index in [1.807, 2.05) is 0 Å². The largest absolute Gasteiger partial charge is 0.463 e. The number of aliphatic imine (C=N–C) groups is 1. The average Bonchev–Trinajstić information content (AvgIpc) is 2.52. The molecule has 1 amide bonds. The highest BCUT2D eigenvalue weighted by Crippen LogP contribution is 1.95. The topological polar surface area (TPSA) is 51.8 Å². The molecule has 0 atom stereocenters. The van der Waals surface area contributed by atoms with Gasteiger partial charge in [0, 0.05) is 0 Å². The highest BCUT2D eigenvalue weighted by Gasteiger charge is 1.93. The second-order valence-electron chi connectivity index (χ2n) is 1.74. The van der Waals surface area contributed by atoms with Gasteiger partial charge in [0.25, 0.3) is 0 Å². The fourth-order valence-electron chi connectivity index (χ4n) is 0.534. The number of furan rings is 1. The highest BCUT2D eigenvalue weighted by atomic mass is 16.5. The van der Waals surface area contributed by atoms with Gasteiger partial charge in [-0.3, -0.25) is 0 Å². The maximum absolute atomic E-state index is 10.4. The normalized spacial score (nSPS) is 10.3. The number of ether oxygens (including phenoxy) is 1. The number of nitrogens with zero attached hydrogens (tertiary/aromatic N) is 1. The van der Waals surface area contributed by atoms with Crippen LogP contribution >= 0.6 is 0 Å². The predicted octanol–water partition coefficient (Wildman–Crippen LogP) is 1.46. The summed E-state index contributed by atoms with van der Waals surface area (Å²) < 4.78 is 9.14. The second-order valence-corrected chi connectivity index (χ2v) is 1.74. The SMILES string of the molecule is COC(=O)N=Cc1ccco1. The van der Waals surface area contributed by atoms with Crippen LogP contribution in [0, 0.1) is 0 Å². The molecule has 0 N–H and O–H groups in total. The molecule has 0 spiro atoms. The van der Waals surface area contributed by atoms with Gasteiger partial charge in [-0.1, -0.05) is 0 Å². The van der Waals surface area contributed by atoms with E-state index in [0.717, 1.165) is 0 Å². The lowest BCUT2D eigenvalue weighted by atomic mass is 10.5. The molecule has 0 saturated heterocycles. The standard InChI is InChI=1S/C7H7NO3/c1-10-7(9)8-5-6-3-2-4-11-6/h2-5H,1H3. The van der Waals surface area contributed by atoms with Crippen molar-refractivity contribution >= 4 is 12.3 Å². The number of amides is 1. The lowest BCUT2D eigenvalue weighted by Gasteiger charge is -1.86. The van der Waals surface area contributed by atoms with E-state index in [1.54, 1.807) is 12.1 Å². The van der Waals surface area contributed by atoms with E-state index in [9.17, 15) is 4.79 Å². The first-order valence-corrected chi connectivity index (χ1v) is 2.98. The summed E-state index contributed by atoms with van der Waals surface area (Å²) in [5.41, 5.74) is 0. The molecule has 0 aliphatic rings. The van der Waals surface area contributed by atoms with Gasteiger partial charge in [0.05, 0.1) is 19.6 Å². The fraction of sp³-hybridized carbons (Fsp3) is 0.143. The molecule has 0 aromatic carbocycles. The Hall–Kier alpha value is -1.58. The summed E-state index contributed by atoms with van der Waals surface area (Å²) in [7, 11) is 1.27. The Kier molecular flexibility index (Phi) is 2.43. The molecule has 1 rings (SSSR count). The van der Waals surface area contributed by atoms with Crippen LogP contribution in [0.3, 0.4) is 0 Å². The molecule has 0 aliphatic carbocycles. The van der Waals surface area contributed by atoms with E-state index in [0.29, 0.717) is 5.76 Å². The first-order valence-electron chi connectivity index (χ1n) is 2.98. The molecule has 0 fully saturated rings. The Morgan fingerprint density at radius 1 is 1.82 bits per heavy atom. The Bertz CT molecular complexity index is 251. The van der Waals surface area contributed by atoms with Crippen molar-refractivity contribution in [3.63, 3.8) is 0 Å². The van der Waals surface area contributed by atoms with Crippen molar-refractivity contribution < 1.29 is 13.9 Å². The van der Waals surface area contributed by atoms with Gasteiger partial charge < -0.3 is 9.15 Å². The third-order valence-electron chi connectivity index (χ3n) is 1.02. The van der Waals surface area contributed by atoms with Gasteiger partial charge in [0.2, 0.25) is 0 Å². The first kappa shape index (κ1) is 7.53. The Balaban J connectivity index is 2.55. The summed E-state index contributed by atoms with van der Waals surface area (Å²) >= 11 is 0. The van der Waals surface area contributed by atoms with Gasteiger partial charge in [-0.25, -0.2) is 4.79 Å². The number of carbonyl (C=O) groups excluding carboxylic acids is 1. The molecule has 4 heteroatoms. The zero-order valence-corrected chi connectivity index (χ0v) is 5.98. The van der Waals surface area contributed by atoms with Gasteiger partial charge in [-0.05, 0) is 12.1 Å². The summed E-state index contributed by atoms with van der Waals surface area (Å²) in [4.78, 5) is 13.9. The quantitative estimate of drug-likeness (QED) is 0.574. The van der Waals surface area contributed by atoms with Gasteiger partial charge in [-0.15, -0.1) is 0 Å². The van der Waals surface area contributed by atoms with Crippen molar-refractivity contribution in [2.24, 2.45) is 4.99 Å². The van der Waals surface area contributed by atoms with E-state index >= 15 is 0 Å². The van der Waals surface area contributed by atoms with Gasteiger partial charge >= 0.3 is 6.09 Å². The number of hydrogen-bond donors (Lipinski definition) is 0. The molecule has 0 unspecified atom stereocenters. The molecule has 1 aromatic heterocycles. The van der Waals surface area contributed by atoms with E-state index in [2.05, 4.69) is 9.73 Å². The van der Waals surface area contributed by atoms with Crippen molar-refractivity contribution in [1.29, 1.82) is 0 Å². The van der Waals surface area contributed by atoms with Crippen LogP contribution < -0.4 is 0 Å². The summed E-state index contributed by atoms with van der Waals surface area (Å²) in [5.74, 6) is 0.524. The maximum Gasteiger partial charge on any atom is 0.433 e. The zero-order valence-electron chi connectivity index (χ0n) is 5.98. The first-order chi connectivity index (χ1) is 5.33. The lowest BCUT2D eigenvalue weighted by Crippen LogP contribution is -1.92. The van der Waals surface area contributed by atoms with Gasteiger partial charge in [-0.2, -0.15) is 4.99 Å². The molecule has 1 heterocycles. The number of carbonyl (C=O) groups is 1. The van der Waals surface area contributed by atoms with E-state index in [1.165, 1.54) is 19.6 Å². The smallest absolute Gasteiger partial charge is 0.433 e. The number of rotatable bonds is 1. The molecular weight excluding hydrogens is 146 g/mol. The molecule has 0 radical (unpaired) electrons. The lowest BCUT2D eigenvalue weighted by molar-refractivity contribution is 0.182. The fourth-order valence-corrected chi connectivity index (χ4v) is 0.534. The number of hydrogen-bond acceptors (Lipinski definition) is 3. The van der Waals surface area contributed by atoms with Gasteiger partial charge in [0.15, 0.2) is 0 Å². The molecule has 4 nitrogen and oxygen atoms in total. The Morgan fingerprint density at radius 3 is 3.18 bits per heavy atom. The van der Waals surface area contributed by atoms with Crippen LogP contribution in [-0.2, 0) is 4.74 Å². The number of methoxy groups -OCH3 is 1. The van der Waals surface area contributed by atoms with Crippen molar-refractivity contribution in [3.05, 3.63) is 24.2 Å². The van der Waals surface area contributed by atoms with Crippen LogP contribution in [0.1, 0.15) is 5.76 Å². The molecule has 58 valence electrons. The molecule has 11 heavy (non-hydrogen) atoms. The molecule has 1 aromatic rings. The van der Waals surface area contributed by atoms with Crippen molar-refractivity contribution in [1.82, 2.24) is 0 Å². The zero-order chi connectivity index (χ0) is 8.10. The monoisotopic (exact) mass is 153 g/mol. The van der Waals surface area contributed by atoms with Crippen LogP contribution in [0.5, 0.6) is 0 Å². The Morgan fingerprint density at radius 2 is 2.64 bits per heavy atom. The Labute approximate surface area is 63.5 Å². The molecule has 0 bridgehead atoms. The molecular formula is C7H7NO3. The van der Waals surface area contributed by atoms with Crippen molar-refractivity contribution in [2.75, 3.05) is 7.11 Å². The summed E-state index contributed by atoms with van der Waals surface area (Å²) in [6.45, 7) is 0.